The molecule has 0 amide bonds. The molecule has 2 aromatic rings. The van der Waals surface area contributed by atoms with Gasteiger partial charge in [0.2, 0.25) is 12.2 Å². The number of nitrogens with two attached hydrogens (primary N) is 1. The largest absolute Gasteiger partial charge is 0.485 e. The number of aliphatic hydroxyl groups excluding tert-OH is 1. The summed E-state index contributed by atoms with van der Waals surface area (Å²) in [6.45, 7) is 3.80. The van der Waals surface area contributed by atoms with E-state index in [1.807, 2.05) is 6.07 Å². The zero-order chi connectivity index (χ0) is 20.3. The summed E-state index contributed by atoms with van der Waals surface area (Å²) in [6, 6.07) is 10.1. The van der Waals surface area contributed by atoms with E-state index in [-0.39, 0.29) is 12.5 Å². The van der Waals surface area contributed by atoms with E-state index in [0.29, 0.717) is 16.9 Å². The highest BCUT2D eigenvalue weighted by atomic mass is 16.5. The molecule has 3 rings (SSSR count). The lowest BCUT2D eigenvalue weighted by atomic mass is 9.85. The molecule has 0 saturated carbocycles. The van der Waals surface area contributed by atoms with Gasteiger partial charge in [0, 0.05) is 24.5 Å². The van der Waals surface area contributed by atoms with Gasteiger partial charge in [-0.25, -0.2) is 0 Å². The van der Waals surface area contributed by atoms with Crippen LogP contribution in [0.25, 0.3) is 0 Å². The lowest BCUT2D eigenvalue weighted by molar-refractivity contribution is -0.0829. The Hall–Kier alpha value is -3.62. The Kier molecular flexibility index (Phi) is 5.16. The number of aromatic nitrogens is 1. The van der Waals surface area contributed by atoms with Crippen molar-refractivity contribution < 1.29 is 9.84 Å². The molecule has 0 spiro atoms. The molecule has 0 aliphatic carbocycles. The fraction of sp³-hybridized carbons (Fsp3) is 0.300. The average Bonchev–Trinajstić information content (AvgIpc) is 2.68. The molecule has 0 unspecified atom stereocenters. The average molecular weight is 376 g/mol. The van der Waals surface area contributed by atoms with Crippen LogP contribution in [0, 0.1) is 22.8 Å². The minimum atomic E-state index is -1.00. The molecule has 28 heavy (non-hydrogen) atoms. The summed E-state index contributed by atoms with van der Waals surface area (Å²) in [5.74, 6) is 0.502. The maximum Gasteiger partial charge on any atom is 0.209 e. The van der Waals surface area contributed by atoms with Crippen LogP contribution in [0.4, 0.5) is 0 Å². The molecular formula is C20H20N6O2. The summed E-state index contributed by atoms with van der Waals surface area (Å²) in [7, 11) is 0. The third-order valence-electron chi connectivity index (χ3n) is 4.71. The fourth-order valence-electron chi connectivity index (χ4n) is 3.30. The number of pyridine rings is 1. The first-order valence-corrected chi connectivity index (χ1v) is 8.66. The monoisotopic (exact) mass is 376 g/mol. The van der Waals surface area contributed by atoms with E-state index < -0.39 is 17.7 Å². The minimum absolute atomic E-state index is 0.0404. The molecule has 8 heteroatoms. The molecule has 3 N–H and O–H groups in total. The number of benzene rings is 1. The van der Waals surface area contributed by atoms with E-state index >= 15 is 0 Å². The normalized spacial score (nSPS) is 20.2. The molecule has 1 aliphatic heterocycles. The van der Waals surface area contributed by atoms with Crippen LogP contribution in [-0.4, -0.2) is 32.7 Å². The lowest BCUT2D eigenvalue weighted by Crippen LogP contribution is -2.55. The van der Waals surface area contributed by atoms with Crippen LogP contribution in [-0.2, 0) is 6.54 Å². The number of guanidine groups is 1. The number of hydrogen-bond acceptors (Lipinski definition) is 6. The summed E-state index contributed by atoms with van der Waals surface area (Å²) < 4.78 is 5.96. The van der Waals surface area contributed by atoms with Gasteiger partial charge in [0.1, 0.15) is 17.5 Å². The Bertz CT molecular complexity index is 974. The summed E-state index contributed by atoms with van der Waals surface area (Å²) in [6.07, 6.45) is 4.02. The zero-order valence-electron chi connectivity index (χ0n) is 15.6. The number of ether oxygens (including phenoxy) is 1. The highest BCUT2D eigenvalue weighted by Crippen LogP contribution is 2.43. The molecule has 1 aliphatic rings. The Morgan fingerprint density at radius 1 is 1.39 bits per heavy atom. The van der Waals surface area contributed by atoms with Crippen LogP contribution in [0.2, 0.25) is 0 Å². The predicted octanol–water partition coefficient (Wildman–Crippen LogP) is 1.82. The van der Waals surface area contributed by atoms with Gasteiger partial charge in [-0.05, 0) is 43.7 Å². The number of fused-ring (bicyclic) bond motifs is 1. The molecule has 1 aromatic heterocycles. The maximum absolute atomic E-state index is 11.1. The first-order chi connectivity index (χ1) is 13.4. The highest BCUT2D eigenvalue weighted by Gasteiger charge is 2.46. The van der Waals surface area contributed by atoms with E-state index in [1.54, 1.807) is 61.6 Å². The standard InChI is InChI=1S/C20H20N6O2/c1-20(2)18(27)17(15-8-13(9-21)5-6-16(15)28-20)26(19(23)25-12-22)11-14-4-3-7-24-10-14/h3-8,10,17-18,27H,11H2,1-2H3,(H2,23,25)/t17-,18+/m0/s1. The van der Waals surface area contributed by atoms with Crippen LogP contribution in [0.3, 0.4) is 0 Å². The number of aliphatic hydroxyl groups is 1. The minimum Gasteiger partial charge on any atom is -0.485 e. The number of aliphatic imine (C=N–C) groups is 1. The van der Waals surface area contributed by atoms with Crippen molar-refractivity contribution in [2.45, 2.75) is 38.1 Å². The molecule has 0 bridgehead atoms. The van der Waals surface area contributed by atoms with Crippen molar-refractivity contribution in [1.82, 2.24) is 9.88 Å². The van der Waals surface area contributed by atoms with Gasteiger partial charge in [0.15, 0.2) is 0 Å². The van der Waals surface area contributed by atoms with Gasteiger partial charge < -0.3 is 20.5 Å². The number of nitrogens with zero attached hydrogens (tertiary/aromatic N) is 5. The summed E-state index contributed by atoms with van der Waals surface area (Å²) >= 11 is 0. The first kappa shape index (κ1) is 19.2. The van der Waals surface area contributed by atoms with Crippen molar-refractivity contribution in [3.63, 3.8) is 0 Å². The van der Waals surface area contributed by atoms with Gasteiger partial charge >= 0.3 is 0 Å². The summed E-state index contributed by atoms with van der Waals surface area (Å²) in [5.41, 5.74) is 7.03. The quantitative estimate of drug-likeness (QED) is 0.474. The molecule has 0 saturated heterocycles. The van der Waals surface area contributed by atoms with Crippen molar-refractivity contribution in [2.75, 3.05) is 0 Å². The van der Waals surface area contributed by atoms with Crippen molar-refractivity contribution in [1.29, 1.82) is 10.5 Å². The van der Waals surface area contributed by atoms with E-state index in [2.05, 4.69) is 16.0 Å². The molecule has 2 heterocycles. The highest BCUT2D eigenvalue weighted by molar-refractivity contribution is 5.80. The van der Waals surface area contributed by atoms with Crippen LogP contribution < -0.4 is 10.5 Å². The Balaban J connectivity index is 2.16. The molecule has 0 fully saturated rings. The van der Waals surface area contributed by atoms with Crippen molar-refractivity contribution in [3.8, 4) is 18.0 Å². The van der Waals surface area contributed by atoms with Gasteiger partial charge in [-0.3, -0.25) is 4.98 Å². The summed E-state index contributed by atoms with van der Waals surface area (Å²) in [4.78, 5) is 9.42. The van der Waals surface area contributed by atoms with E-state index in [9.17, 15) is 10.4 Å². The first-order valence-electron chi connectivity index (χ1n) is 8.66. The summed E-state index contributed by atoms with van der Waals surface area (Å²) in [5, 5.41) is 29.4. The number of hydrogen-bond donors (Lipinski definition) is 2. The Morgan fingerprint density at radius 2 is 2.18 bits per heavy atom. The predicted molar refractivity (Wildman–Crippen MR) is 102 cm³/mol. The lowest BCUT2D eigenvalue weighted by Gasteiger charge is -2.46. The zero-order valence-corrected chi connectivity index (χ0v) is 15.6. The van der Waals surface area contributed by atoms with E-state index in [0.717, 1.165) is 5.56 Å². The van der Waals surface area contributed by atoms with Crippen LogP contribution in [0.1, 0.15) is 36.6 Å². The molecule has 0 radical (unpaired) electrons. The second-order valence-electron chi connectivity index (χ2n) is 7.02. The molecule has 1 aromatic carbocycles. The van der Waals surface area contributed by atoms with Crippen molar-refractivity contribution in [3.05, 3.63) is 59.4 Å². The molecule has 2 atom stereocenters. The fourth-order valence-corrected chi connectivity index (χ4v) is 3.30. The van der Waals surface area contributed by atoms with Crippen molar-refractivity contribution >= 4 is 5.96 Å². The smallest absolute Gasteiger partial charge is 0.209 e. The van der Waals surface area contributed by atoms with E-state index in [4.69, 9.17) is 15.7 Å². The van der Waals surface area contributed by atoms with Crippen molar-refractivity contribution in [2.24, 2.45) is 10.7 Å². The van der Waals surface area contributed by atoms with Crippen LogP contribution in [0.5, 0.6) is 5.75 Å². The van der Waals surface area contributed by atoms with Gasteiger partial charge in [0.05, 0.1) is 17.7 Å². The van der Waals surface area contributed by atoms with Gasteiger partial charge in [0.25, 0.3) is 0 Å². The Morgan fingerprint density at radius 3 is 2.82 bits per heavy atom. The Labute approximate surface area is 163 Å². The second-order valence-corrected chi connectivity index (χ2v) is 7.02. The van der Waals surface area contributed by atoms with E-state index in [1.165, 1.54) is 0 Å². The van der Waals surface area contributed by atoms with Crippen LogP contribution in [0.15, 0.2) is 47.7 Å². The third kappa shape index (κ3) is 3.59. The molecule has 142 valence electrons. The van der Waals surface area contributed by atoms with Gasteiger partial charge in [-0.1, -0.05) is 6.07 Å². The SMILES string of the molecule is CC1(C)Oc2ccc(C#N)cc2[C@H](N(Cc2cccnc2)C(N)=NC#N)[C@H]1O. The molecular weight excluding hydrogens is 356 g/mol. The second kappa shape index (κ2) is 7.55. The topological polar surface area (TPSA) is 132 Å². The number of nitriles is 2. The molecule has 8 nitrogen and oxygen atoms in total. The van der Waals surface area contributed by atoms with Crippen LogP contribution >= 0.6 is 0 Å². The van der Waals surface area contributed by atoms with Gasteiger partial charge in [-0.2, -0.15) is 10.5 Å². The third-order valence-corrected chi connectivity index (χ3v) is 4.71. The van der Waals surface area contributed by atoms with Gasteiger partial charge in [-0.15, -0.1) is 4.99 Å². The number of rotatable bonds is 3. The maximum atomic E-state index is 11.1.